The van der Waals surface area contributed by atoms with E-state index in [9.17, 15) is 0 Å². The van der Waals surface area contributed by atoms with Gasteiger partial charge in [-0.15, -0.1) is 0 Å². The summed E-state index contributed by atoms with van der Waals surface area (Å²) in [7, 11) is 0. The number of hydrogen-bond donors (Lipinski definition) is 1. The Hall–Kier alpha value is -0.820. The van der Waals surface area contributed by atoms with Crippen LogP contribution in [0.5, 0.6) is 0 Å². The van der Waals surface area contributed by atoms with Crippen molar-refractivity contribution >= 4 is 0 Å². The molecule has 1 heteroatoms. The summed E-state index contributed by atoms with van der Waals surface area (Å²) in [5.41, 5.74) is 11.3. The van der Waals surface area contributed by atoms with Crippen LogP contribution in [0.4, 0.5) is 0 Å². The van der Waals surface area contributed by atoms with Gasteiger partial charge < -0.3 is 5.73 Å². The van der Waals surface area contributed by atoms with Gasteiger partial charge in [0.25, 0.3) is 0 Å². The summed E-state index contributed by atoms with van der Waals surface area (Å²) in [6.07, 6.45) is 7.04. The van der Waals surface area contributed by atoms with E-state index in [0.717, 1.165) is 23.7 Å². The first-order valence-electron chi connectivity index (χ1n) is 7.94. The molecule has 0 spiro atoms. The van der Waals surface area contributed by atoms with Crippen LogP contribution in [0.1, 0.15) is 48.8 Å². The molecule has 4 bridgehead atoms. The van der Waals surface area contributed by atoms with Crippen molar-refractivity contribution in [2.45, 2.75) is 51.5 Å². The highest BCUT2D eigenvalue weighted by Crippen LogP contribution is 2.61. The molecule has 4 saturated carbocycles. The lowest BCUT2D eigenvalue weighted by molar-refractivity contribution is -0.0587. The second-order valence-electron chi connectivity index (χ2n) is 7.56. The van der Waals surface area contributed by atoms with Crippen LogP contribution in [0, 0.1) is 37.5 Å². The number of hydrogen-bond acceptors (Lipinski definition) is 1. The summed E-state index contributed by atoms with van der Waals surface area (Å²) in [5, 5.41) is 0. The van der Waals surface area contributed by atoms with Crippen LogP contribution in [-0.2, 0) is 5.54 Å². The molecule has 1 aromatic rings. The predicted molar refractivity (Wildman–Crippen MR) is 78.8 cm³/mol. The molecular formula is C18H25N. The number of rotatable bonds is 1. The van der Waals surface area contributed by atoms with Gasteiger partial charge in [0.15, 0.2) is 0 Å². The fourth-order valence-corrected chi connectivity index (χ4v) is 5.61. The van der Waals surface area contributed by atoms with E-state index in [1.54, 1.807) is 0 Å². The van der Waals surface area contributed by atoms with Gasteiger partial charge in [0.2, 0.25) is 0 Å². The highest BCUT2D eigenvalue weighted by Gasteiger charge is 2.56. The van der Waals surface area contributed by atoms with E-state index in [1.807, 2.05) is 0 Å². The second kappa shape index (κ2) is 3.85. The van der Waals surface area contributed by atoms with Crippen molar-refractivity contribution in [3.8, 4) is 0 Å². The molecule has 0 atom stereocenters. The molecule has 0 aliphatic heterocycles. The maximum Gasteiger partial charge on any atom is 0.0469 e. The highest BCUT2D eigenvalue weighted by molar-refractivity contribution is 5.38. The van der Waals surface area contributed by atoms with Crippen LogP contribution >= 0.6 is 0 Å². The van der Waals surface area contributed by atoms with Crippen LogP contribution in [-0.4, -0.2) is 0 Å². The molecule has 4 aliphatic rings. The first-order chi connectivity index (χ1) is 9.07. The molecule has 1 aromatic carbocycles. The molecule has 0 saturated heterocycles. The SMILES string of the molecule is Cc1ccc(C)c(C2(N)C3CC4CC(C3)CC2C4)c1. The van der Waals surface area contributed by atoms with Gasteiger partial charge in [0.05, 0.1) is 0 Å². The van der Waals surface area contributed by atoms with Gasteiger partial charge in [0, 0.05) is 5.54 Å². The van der Waals surface area contributed by atoms with Gasteiger partial charge >= 0.3 is 0 Å². The Morgan fingerprint density at radius 1 is 0.947 bits per heavy atom. The van der Waals surface area contributed by atoms with Gasteiger partial charge in [-0.25, -0.2) is 0 Å². The van der Waals surface area contributed by atoms with Gasteiger partial charge in [-0.05, 0) is 80.8 Å². The molecular weight excluding hydrogens is 230 g/mol. The standard InChI is InChI=1S/C18H25N/c1-11-3-4-12(2)17(5-11)18(19)15-7-13-6-14(9-15)10-16(18)8-13/h3-5,13-16H,6-10,19H2,1-2H3. The zero-order valence-corrected chi connectivity index (χ0v) is 12.2. The van der Waals surface area contributed by atoms with E-state index in [1.165, 1.54) is 48.8 Å². The zero-order chi connectivity index (χ0) is 13.2. The molecule has 0 heterocycles. The average Bonchev–Trinajstić information content (AvgIpc) is 2.38. The Labute approximate surface area is 116 Å². The van der Waals surface area contributed by atoms with Gasteiger partial charge in [-0.2, -0.15) is 0 Å². The van der Waals surface area contributed by atoms with E-state index < -0.39 is 0 Å². The van der Waals surface area contributed by atoms with Crippen LogP contribution in [0.3, 0.4) is 0 Å². The lowest BCUT2D eigenvalue weighted by Gasteiger charge is -2.60. The zero-order valence-electron chi connectivity index (χ0n) is 12.2. The fourth-order valence-electron chi connectivity index (χ4n) is 5.61. The molecule has 19 heavy (non-hydrogen) atoms. The Morgan fingerprint density at radius 3 is 2.11 bits per heavy atom. The molecule has 0 radical (unpaired) electrons. The largest absolute Gasteiger partial charge is 0.321 e. The van der Waals surface area contributed by atoms with Crippen LogP contribution in [0.15, 0.2) is 18.2 Å². The quantitative estimate of drug-likeness (QED) is 0.809. The fraction of sp³-hybridized carbons (Fsp3) is 0.667. The molecule has 0 unspecified atom stereocenters. The lowest BCUT2D eigenvalue weighted by Crippen LogP contribution is -2.60. The maximum atomic E-state index is 7.08. The van der Waals surface area contributed by atoms with Gasteiger partial charge in [-0.3, -0.25) is 0 Å². The first-order valence-corrected chi connectivity index (χ1v) is 7.94. The van der Waals surface area contributed by atoms with E-state index in [4.69, 9.17) is 5.73 Å². The van der Waals surface area contributed by atoms with E-state index in [0.29, 0.717) is 0 Å². The minimum atomic E-state index is -0.0243. The Morgan fingerprint density at radius 2 is 1.53 bits per heavy atom. The second-order valence-corrected chi connectivity index (χ2v) is 7.56. The summed E-state index contributed by atoms with van der Waals surface area (Å²) in [5.74, 6) is 3.46. The van der Waals surface area contributed by atoms with Crippen molar-refractivity contribution in [3.63, 3.8) is 0 Å². The Kier molecular flexibility index (Phi) is 2.42. The number of nitrogens with two attached hydrogens (primary N) is 1. The third kappa shape index (κ3) is 1.57. The lowest BCUT2D eigenvalue weighted by atomic mass is 9.47. The van der Waals surface area contributed by atoms with Crippen molar-refractivity contribution in [1.29, 1.82) is 0 Å². The van der Waals surface area contributed by atoms with E-state index in [-0.39, 0.29) is 5.54 Å². The Balaban J connectivity index is 1.82. The molecule has 4 fully saturated rings. The molecule has 2 N–H and O–H groups in total. The summed E-state index contributed by atoms with van der Waals surface area (Å²) in [6.45, 7) is 4.44. The first kappa shape index (κ1) is 12.0. The van der Waals surface area contributed by atoms with E-state index >= 15 is 0 Å². The van der Waals surface area contributed by atoms with E-state index in [2.05, 4.69) is 32.0 Å². The molecule has 102 valence electrons. The highest BCUT2D eigenvalue weighted by atomic mass is 14.8. The number of aryl methyl sites for hydroxylation is 2. The third-order valence-electron chi connectivity index (χ3n) is 6.35. The molecule has 5 rings (SSSR count). The van der Waals surface area contributed by atoms with Crippen LogP contribution < -0.4 is 5.73 Å². The summed E-state index contributed by atoms with van der Waals surface area (Å²) in [6, 6.07) is 6.86. The maximum absolute atomic E-state index is 7.08. The molecule has 1 nitrogen and oxygen atoms in total. The number of benzene rings is 1. The normalized spacial score (nSPS) is 43.7. The molecule has 0 aromatic heterocycles. The predicted octanol–water partition coefficient (Wildman–Crippen LogP) is 3.91. The van der Waals surface area contributed by atoms with Crippen molar-refractivity contribution < 1.29 is 0 Å². The van der Waals surface area contributed by atoms with Crippen molar-refractivity contribution in [2.24, 2.45) is 29.4 Å². The smallest absolute Gasteiger partial charge is 0.0469 e. The monoisotopic (exact) mass is 255 g/mol. The summed E-state index contributed by atoms with van der Waals surface area (Å²) >= 11 is 0. The minimum Gasteiger partial charge on any atom is -0.321 e. The topological polar surface area (TPSA) is 26.0 Å². The van der Waals surface area contributed by atoms with Gasteiger partial charge in [-0.1, -0.05) is 23.8 Å². The average molecular weight is 255 g/mol. The van der Waals surface area contributed by atoms with Crippen LogP contribution in [0.25, 0.3) is 0 Å². The van der Waals surface area contributed by atoms with Crippen LogP contribution in [0.2, 0.25) is 0 Å². The third-order valence-corrected chi connectivity index (χ3v) is 6.35. The molecule has 0 amide bonds. The minimum absolute atomic E-state index is 0.0243. The van der Waals surface area contributed by atoms with Gasteiger partial charge in [0.1, 0.15) is 0 Å². The molecule has 4 aliphatic carbocycles. The van der Waals surface area contributed by atoms with Crippen molar-refractivity contribution in [1.82, 2.24) is 0 Å². The van der Waals surface area contributed by atoms with Crippen molar-refractivity contribution in [2.75, 3.05) is 0 Å². The summed E-state index contributed by atoms with van der Waals surface area (Å²) in [4.78, 5) is 0. The Bertz CT molecular complexity index is 488. The van der Waals surface area contributed by atoms with Crippen molar-refractivity contribution in [3.05, 3.63) is 34.9 Å². The summed E-state index contributed by atoms with van der Waals surface area (Å²) < 4.78 is 0.